The van der Waals surface area contributed by atoms with Crippen LogP contribution in [0.25, 0.3) is 10.6 Å². The molecule has 24 heavy (non-hydrogen) atoms. The van der Waals surface area contributed by atoms with E-state index in [-0.39, 0.29) is 30.7 Å². The Kier molecular flexibility index (Phi) is 10.9. The van der Waals surface area contributed by atoms with Crippen molar-refractivity contribution in [2.75, 3.05) is 20.1 Å². The van der Waals surface area contributed by atoms with Crippen molar-refractivity contribution in [1.82, 2.24) is 15.6 Å². The van der Waals surface area contributed by atoms with E-state index in [9.17, 15) is 4.79 Å². The van der Waals surface area contributed by atoms with Crippen LogP contribution in [0.3, 0.4) is 0 Å². The summed E-state index contributed by atoms with van der Waals surface area (Å²) >= 11 is 1.50. The summed E-state index contributed by atoms with van der Waals surface area (Å²) < 4.78 is 0. The lowest BCUT2D eigenvalue weighted by molar-refractivity contribution is 0.0949. The van der Waals surface area contributed by atoms with Gasteiger partial charge in [-0.25, -0.2) is 4.98 Å². The summed E-state index contributed by atoms with van der Waals surface area (Å²) in [6, 6.07) is 8.39. The van der Waals surface area contributed by atoms with Crippen LogP contribution in [-0.4, -0.2) is 31.0 Å². The van der Waals surface area contributed by atoms with Gasteiger partial charge in [0.2, 0.25) is 0 Å². The molecule has 134 valence electrons. The molecule has 2 rings (SSSR count). The molecule has 0 bridgehead atoms. The van der Waals surface area contributed by atoms with Crippen molar-refractivity contribution in [2.45, 2.75) is 26.2 Å². The van der Waals surface area contributed by atoms with Gasteiger partial charge in [-0.15, -0.1) is 36.2 Å². The molecule has 0 spiro atoms. The third-order valence-corrected chi connectivity index (χ3v) is 4.34. The first-order valence-corrected chi connectivity index (χ1v) is 8.48. The minimum absolute atomic E-state index is 0. The maximum atomic E-state index is 12.0. The summed E-state index contributed by atoms with van der Waals surface area (Å²) in [5.74, 6) is 0.418. The Hall–Kier alpha value is -1.14. The zero-order valence-electron chi connectivity index (χ0n) is 14.2. The molecule has 2 aromatic rings. The molecule has 1 aromatic carbocycles. The number of halogens is 2. The smallest absolute Gasteiger partial charge is 0.270 e. The number of aromatic nitrogens is 1. The van der Waals surface area contributed by atoms with Crippen molar-refractivity contribution < 1.29 is 4.79 Å². The quantitative estimate of drug-likeness (QED) is 0.700. The van der Waals surface area contributed by atoms with Gasteiger partial charge >= 0.3 is 0 Å². The molecule has 1 amide bonds. The van der Waals surface area contributed by atoms with E-state index < -0.39 is 0 Å². The SMILES string of the molecule is CNCCCNC(=O)c1csc(-c2ccc(C(C)C)cc2)n1.Cl.Cl. The van der Waals surface area contributed by atoms with Gasteiger partial charge in [0.05, 0.1) is 0 Å². The van der Waals surface area contributed by atoms with E-state index in [4.69, 9.17) is 0 Å². The van der Waals surface area contributed by atoms with E-state index in [1.54, 1.807) is 0 Å². The summed E-state index contributed by atoms with van der Waals surface area (Å²) in [6.07, 6.45) is 0.913. The van der Waals surface area contributed by atoms with E-state index in [0.29, 0.717) is 18.2 Å². The van der Waals surface area contributed by atoms with E-state index in [0.717, 1.165) is 23.5 Å². The summed E-state index contributed by atoms with van der Waals surface area (Å²) in [7, 11) is 1.90. The average molecular weight is 390 g/mol. The Morgan fingerprint density at radius 1 is 1.17 bits per heavy atom. The van der Waals surface area contributed by atoms with Crippen molar-refractivity contribution >= 4 is 42.1 Å². The number of hydrogen-bond acceptors (Lipinski definition) is 4. The first-order chi connectivity index (χ1) is 10.6. The highest BCUT2D eigenvalue weighted by Crippen LogP contribution is 2.25. The van der Waals surface area contributed by atoms with Gasteiger partial charge in [-0.1, -0.05) is 38.1 Å². The Bertz CT molecular complexity index is 615. The fourth-order valence-electron chi connectivity index (χ4n) is 2.08. The van der Waals surface area contributed by atoms with E-state index in [1.807, 2.05) is 12.4 Å². The van der Waals surface area contributed by atoms with Crippen LogP contribution in [0.2, 0.25) is 0 Å². The summed E-state index contributed by atoms with van der Waals surface area (Å²) in [6.45, 7) is 5.91. The molecule has 0 aliphatic carbocycles. The summed E-state index contributed by atoms with van der Waals surface area (Å²) in [5, 5.41) is 8.65. The molecule has 1 heterocycles. The van der Waals surface area contributed by atoms with Crippen LogP contribution >= 0.6 is 36.2 Å². The first kappa shape index (κ1) is 22.9. The number of benzene rings is 1. The predicted molar refractivity (Wildman–Crippen MR) is 107 cm³/mol. The van der Waals surface area contributed by atoms with Gasteiger partial charge in [0.15, 0.2) is 0 Å². The molecule has 0 unspecified atom stereocenters. The first-order valence-electron chi connectivity index (χ1n) is 7.60. The maximum Gasteiger partial charge on any atom is 0.270 e. The van der Waals surface area contributed by atoms with Gasteiger partial charge in [-0.2, -0.15) is 0 Å². The van der Waals surface area contributed by atoms with Crippen molar-refractivity contribution in [3.05, 3.63) is 40.9 Å². The van der Waals surface area contributed by atoms with Crippen molar-refractivity contribution in [3.8, 4) is 10.6 Å². The Morgan fingerprint density at radius 3 is 2.42 bits per heavy atom. The number of amides is 1. The van der Waals surface area contributed by atoms with Crippen LogP contribution in [0.5, 0.6) is 0 Å². The number of hydrogen-bond donors (Lipinski definition) is 2. The normalized spacial score (nSPS) is 10.0. The number of nitrogens with one attached hydrogen (secondary N) is 2. The third kappa shape index (κ3) is 6.40. The minimum Gasteiger partial charge on any atom is -0.351 e. The van der Waals surface area contributed by atoms with E-state index in [2.05, 4.69) is 53.7 Å². The van der Waals surface area contributed by atoms with Crippen molar-refractivity contribution in [1.29, 1.82) is 0 Å². The van der Waals surface area contributed by atoms with Gasteiger partial charge in [0.25, 0.3) is 5.91 Å². The molecule has 0 aliphatic heterocycles. The van der Waals surface area contributed by atoms with E-state index in [1.165, 1.54) is 16.9 Å². The van der Waals surface area contributed by atoms with Gasteiger partial charge in [0.1, 0.15) is 10.7 Å². The molecule has 0 saturated carbocycles. The standard InChI is InChI=1S/C17H23N3OS.2ClH/c1-12(2)13-5-7-14(8-6-13)17-20-15(11-22-17)16(21)19-10-4-9-18-3;;/h5-8,11-12,18H,4,9-10H2,1-3H3,(H,19,21);2*1H. The zero-order chi connectivity index (χ0) is 15.9. The highest BCUT2D eigenvalue weighted by molar-refractivity contribution is 7.13. The van der Waals surface area contributed by atoms with Crippen LogP contribution in [0.15, 0.2) is 29.6 Å². The third-order valence-electron chi connectivity index (χ3n) is 3.45. The maximum absolute atomic E-state index is 12.0. The second-order valence-corrected chi connectivity index (χ2v) is 6.39. The van der Waals surface area contributed by atoms with Gasteiger partial charge in [0, 0.05) is 17.5 Å². The molecule has 0 atom stereocenters. The highest BCUT2D eigenvalue weighted by Gasteiger charge is 2.11. The van der Waals surface area contributed by atoms with Crippen molar-refractivity contribution in [3.63, 3.8) is 0 Å². The number of rotatable bonds is 7. The zero-order valence-corrected chi connectivity index (χ0v) is 16.6. The molecule has 4 nitrogen and oxygen atoms in total. The molecule has 0 radical (unpaired) electrons. The molecule has 2 N–H and O–H groups in total. The highest BCUT2D eigenvalue weighted by atomic mass is 35.5. The Labute approximate surface area is 160 Å². The lowest BCUT2D eigenvalue weighted by atomic mass is 10.0. The minimum atomic E-state index is -0.0996. The van der Waals surface area contributed by atoms with Gasteiger partial charge < -0.3 is 10.6 Å². The van der Waals surface area contributed by atoms with E-state index >= 15 is 0 Å². The van der Waals surface area contributed by atoms with Crippen LogP contribution in [0.1, 0.15) is 42.2 Å². The molecule has 1 aromatic heterocycles. The number of carbonyl (C=O) groups is 1. The Balaban J connectivity index is 0.00000264. The monoisotopic (exact) mass is 389 g/mol. The second kappa shape index (κ2) is 11.4. The fraction of sp³-hybridized carbons (Fsp3) is 0.412. The molecular weight excluding hydrogens is 365 g/mol. The topological polar surface area (TPSA) is 54.0 Å². The lowest BCUT2D eigenvalue weighted by Crippen LogP contribution is -2.26. The number of carbonyl (C=O) groups excluding carboxylic acids is 1. The summed E-state index contributed by atoms with van der Waals surface area (Å²) in [5.41, 5.74) is 2.86. The van der Waals surface area contributed by atoms with Crippen LogP contribution < -0.4 is 10.6 Å². The van der Waals surface area contributed by atoms with Crippen LogP contribution in [0, 0.1) is 0 Å². The second-order valence-electron chi connectivity index (χ2n) is 5.53. The number of thiazole rings is 1. The number of nitrogens with zero attached hydrogens (tertiary/aromatic N) is 1. The van der Waals surface area contributed by atoms with Crippen LogP contribution in [-0.2, 0) is 0 Å². The molecule has 0 aliphatic rings. The summed E-state index contributed by atoms with van der Waals surface area (Å²) in [4.78, 5) is 16.5. The van der Waals surface area contributed by atoms with Crippen molar-refractivity contribution in [2.24, 2.45) is 0 Å². The molecule has 0 saturated heterocycles. The van der Waals surface area contributed by atoms with Gasteiger partial charge in [-0.05, 0) is 31.5 Å². The molecule has 0 fully saturated rings. The Morgan fingerprint density at radius 2 is 1.83 bits per heavy atom. The fourth-order valence-corrected chi connectivity index (χ4v) is 2.89. The largest absolute Gasteiger partial charge is 0.351 e. The van der Waals surface area contributed by atoms with Gasteiger partial charge in [-0.3, -0.25) is 4.79 Å². The predicted octanol–water partition coefficient (Wildman–Crippen LogP) is 4.12. The molecular formula is C17H25Cl2N3OS. The molecule has 7 heteroatoms. The lowest BCUT2D eigenvalue weighted by Gasteiger charge is -2.05. The van der Waals surface area contributed by atoms with Crippen LogP contribution in [0.4, 0.5) is 0 Å². The average Bonchev–Trinajstić information content (AvgIpc) is 3.01.